The van der Waals surface area contributed by atoms with E-state index in [-0.39, 0.29) is 28.9 Å². The van der Waals surface area contributed by atoms with E-state index in [4.69, 9.17) is 4.74 Å². The van der Waals surface area contributed by atoms with E-state index in [0.717, 1.165) is 5.56 Å². The fourth-order valence-electron chi connectivity index (χ4n) is 2.68. The first-order valence-corrected chi connectivity index (χ1v) is 7.58. The predicted molar refractivity (Wildman–Crippen MR) is 82.5 cm³/mol. The molecule has 0 aromatic carbocycles. The summed E-state index contributed by atoms with van der Waals surface area (Å²) >= 11 is 0. The average molecular weight is 317 g/mol. The van der Waals surface area contributed by atoms with Crippen LogP contribution >= 0.6 is 0 Å². The molecule has 1 aromatic heterocycles. The number of rotatable bonds is 3. The third-order valence-electron chi connectivity index (χ3n) is 4.56. The molecular weight excluding hydrogens is 298 g/mol. The molecular formula is C16H19N3O4. The molecule has 1 aromatic rings. The number of amides is 1. The Morgan fingerprint density at radius 1 is 1.48 bits per heavy atom. The minimum absolute atomic E-state index is 0.0192. The molecule has 2 N–H and O–H groups in total. The summed E-state index contributed by atoms with van der Waals surface area (Å²) in [6, 6.07) is 1.61. The van der Waals surface area contributed by atoms with Crippen LogP contribution in [0.5, 0.6) is 0 Å². The molecule has 0 fully saturated rings. The van der Waals surface area contributed by atoms with Crippen molar-refractivity contribution in [3.8, 4) is 0 Å². The molecule has 1 amide bonds. The maximum atomic E-state index is 12.3. The van der Waals surface area contributed by atoms with Gasteiger partial charge in [0.1, 0.15) is 11.2 Å². The highest BCUT2D eigenvalue weighted by Gasteiger charge is 2.43. The largest absolute Gasteiger partial charge is 0.478 e. The van der Waals surface area contributed by atoms with Gasteiger partial charge in [-0.25, -0.2) is 14.8 Å². The molecule has 0 aliphatic carbocycles. The SMILES string of the molecule is CC(C)C1(C)N=C(c2nc3c(cc2C(=O)O)CCOC3)NC1=O. The molecule has 7 heteroatoms. The zero-order chi connectivity index (χ0) is 16.8. The van der Waals surface area contributed by atoms with Crippen LogP contribution in [-0.4, -0.2) is 39.9 Å². The summed E-state index contributed by atoms with van der Waals surface area (Å²) in [6.07, 6.45) is 0.630. The maximum Gasteiger partial charge on any atom is 0.338 e. The van der Waals surface area contributed by atoms with Crippen LogP contribution in [0.3, 0.4) is 0 Å². The summed E-state index contributed by atoms with van der Waals surface area (Å²) in [7, 11) is 0. The Morgan fingerprint density at radius 3 is 2.83 bits per heavy atom. The van der Waals surface area contributed by atoms with E-state index in [2.05, 4.69) is 15.3 Å². The monoisotopic (exact) mass is 317 g/mol. The molecule has 23 heavy (non-hydrogen) atoms. The lowest BCUT2D eigenvalue weighted by atomic mass is 9.89. The van der Waals surface area contributed by atoms with Gasteiger partial charge < -0.3 is 15.2 Å². The van der Waals surface area contributed by atoms with Gasteiger partial charge in [-0.1, -0.05) is 13.8 Å². The summed E-state index contributed by atoms with van der Waals surface area (Å²) in [5, 5.41) is 12.2. The summed E-state index contributed by atoms with van der Waals surface area (Å²) in [4.78, 5) is 32.7. The van der Waals surface area contributed by atoms with E-state index in [0.29, 0.717) is 25.3 Å². The van der Waals surface area contributed by atoms with Crippen molar-refractivity contribution < 1.29 is 19.4 Å². The predicted octanol–water partition coefficient (Wildman–Crippen LogP) is 1.14. The molecule has 3 rings (SSSR count). The van der Waals surface area contributed by atoms with Gasteiger partial charge in [0.2, 0.25) is 0 Å². The number of amidine groups is 1. The van der Waals surface area contributed by atoms with E-state index in [9.17, 15) is 14.7 Å². The van der Waals surface area contributed by atoms with Gasteiger partial charge in [0.15, 0.2) is 5.84 Å². The second-order valence-corrected chi connectivity index (χ2v) is 6.31. The summed E-state index contributed by atoms with van der Waals surface area (Å²) in [5.74, 6) is -1.13. The van der Waals surface area contributed by atoms with E-state index < -0.39 is 11.5 Å². The highest BCUT2D eigenvalue weighted by atomic mass is 16.5. The van der Waals surface area contributed by atoms with Crippen molar-refractivity contribution in [3.63, 3.8) is 0 Å². The molecule has 2 aliphatic heterocycles. The van der Waals surface area contributed by atoms with Crippen LogP contribution in [0.1, 0.15) is 48.1 Å². The Hall–Kier alpha value is -2.28. The number of carboxylic acids is 1. The Kier molecular flexibility index (Phi) is 3.68. The number of carboxylic acid groups (broad SMARTS) is 1. The molecule has 0 radical (unpaired) electrons. The standard InChI is InChI=1S/C16H19N3O4/c1-8(2)16(3)15(22)18-13(19-16)12-10(14(20)21)6-9-4-5-23-7-11(9)17-12/h6,8H,4-5,7H2,1-3H3,(H,20,21)(H,18,19,22). The molecule has 122 valence electrons. The lowest BCUT2D eigenvalue weighted by Gasteiger charge is -2.21. The lowest BCUT2D eigenvalue weighted by molar-refractivity contribution is -0.124. The number of hydrogen-bond acceptors (Lipinski definition) is 5. The number of aromatic nitrogens is 1. The van der Waals surface area contributed by atoms with Crippen LogP contribution in [0.4, 0.5) is 0 Å². The average Bonchev–Trinajstić information content (AvgIpc) is 2.82. The quantitative estimate of drug-likeness (QED) is 0.870. The van der Waals surface area contributed by atoms with E-state index in [1.165, 1.54) is 0 Å². The number of carbonyl (C=O) groups excluding carboxylic acids is 1. The van der Waals surface area contributed by atoms with E-state index in [1.54, 1.807) is 13.0 Å². The minimum Gasteiger partial charge on any atom is -0.478 e. The van der Waals surface area contributed by atoms with Crippen LogP contribution in [0.2, 0.25) is 0 Å². The number of hydrogen-bond donors (Lipinski definition) is 2. The molecule has 0 spiro atoms. The first-order valence-electron chi connectivity index (χ1n) is 7.58. The lowest BCUT2D eigenvalue weighted by Crippen LogP contribution is -2.41. The van der Waals surface area contributed by atoms with Crippen LogP contribution in [0.25, 0.3) is 0 Å². The van der Waals surface area contributed by atoms with Gasteiger partial charge >= 0.3 is 5.97 Å². The van der Waals surface area contributed by atoms with Crippen molar-refractivity contribution in [2.75, 3.05) is 6.61 Å². The fraction of sp³-hybridized carbons (Fsp3) is 0.500. The van der Waals surface area contributed by atoms with Crippen molar-refractivity contribution in [2.45, 2.75) is 39.3 Å². The van der Waals surface area contributed by atoms with Crippen LogP contribution in [-0.2, 0) is 22.6 Å². The Labute approximate surface area is 133 Å². The van der Waals surface area contributed by atoms with Crippen molar-refractivity contribution in [2.24, 2.45) is 10.9 Å². The molecule has 1 atom stereocenters. The second kappa shape index (κ2) is 5.42. The minimum atomic E-state index is -1.09. The summed E-state index contributed by atoms with van der Waals surface area (Å²) in [6.45, 7) is 6.43. The maximum absolute atomic E-state index is 12.3. The first-order chi connectivity index (χ1) is 10.8. The van der Waals surface area contributed by atoms with E-state index in [1.807, 2.05) is 13.8 Å². The number of carbonyl (C=O) groups is 2. The van der Waals surface area contributed by atoms with Crippen molar-refractivity contribution in [1.29, 1.82) is 0 Å². The molecule has 7 nitrogen and oxygen atoms in total. The zero-order valence-electron chi connectivity index (χ0n) is 13.3. The molecule has 1 unspecified atom stereocenters. The number of fused-ring (bicyclic) bond motifs is 1. The van der Waals surface area contributed by atoms with Gasteiger partial charge in [-0.05, 0) is 30.9 Å². The third-order valence-corrected chi connectivity index (χ3v) is 4.56. The van der Waals surface area contributed by atoms with Gasteiger partial charge in [-0.2, -0.15) is 0 Å². The smallest absolute Gasteiger partial charge is 0.338 e. The van der Waals surface area contributed by atoms with Gasteiger partial charge in [-0.3, -0.25) is 4.79 Å². The Morgan fingerprint density at radius 2 is 2.22 bits per heavy atom. The number of aliphatic imine (C=N–C) groups is 1. The van der Waals surface area contributed by atoms with Crippen LogP contribution in [0, 0.1) is 5.92 Å². The van der Waals surface area contributed by atoms with Gasteiger partial charge in [0, 0.05) is 0 Å². The molecule has 0 saturated heterocycles. The van der Waals surface area contributed by atoms with E-state index >= 15 is 0 Å². The zero-order valence-corrected chi connectivity index (χ0v) is 13.3. The summed E-state index contributed by atoms with van der Waals surface area (Å²) < 4.78 is 5.38. The highest BCUT2D eigenvalue weighted by molar-refractivity contribution is 6.17. The first kappa shape index (κ1) is 15.6. The van der Waals surface area contributed by atoms with Crippen molar-refractivity contribution in [1.82, 2.24) is 10.3 Å². The molecule has 0 bridgehead atoms. The van der Waals surface area contributed by atoms with Crippen molar-refractivity contribution >= 4 is 17.7 Å². The molecule has 3 heterocycles. The van der Waals surface area contributed by atoms with Gasteiger partial charge in [0.25, 0.3) is 5.91 Å². The Balaban J connectivity index is 2.13. The number of pyridine rings is 1. The fourth-order valence-corrected chi connectivity index (χ4v) is 2.68. The van der Waals surface area contributed by atoms with Crippen LogP contribution < -0.4 is 5.32 Å². The number of nitrogens with zero attached hydrogens (tertiary/aromatic N) is 2. The normalized spacial score (nSPS) is 23.5. The molecule has 0 saturated carbocycles. The molecule has 2 aliphatic rings. The highest BCUT2D eigenvalue weighted by Crippen LogP contribution is 2.28. The number of aromatic carboxylic acids is 1. The van der Waals surface area contributed by atoms with Gasteiger partial charge in [0.05, 0.1) is 24.5 Å². The second-order valence-electron chi connectivity index (χ2n) is 6.31. The third kappa shape index (κ3) is 2.50. The summed E-state index contributed by atoms with van der Waals surface area (Å²) in [5.41, 5.74) is 0.900. The van der Waals surface area contributed by atoms with Crippen LogP contribution in [0.15, 0.2) is 11.1 Å². The Bertz CT molecular complexity index is 726. The number of ether oxygens (including phenoxy) is 1. The van der Waals surface area contributed by atoms with Crippen molar-refractivity contribution in [3.05, 3.63) is 28.6 Å². The van der Waals surface area contributed by atoms with Gasteiger partial charge in [-0.15, -0.1) is 0 Å². The number of nitrogens with one attached hydrogen (secondary N) is 1. The topological polar surface area (TPSA) is 101 Å².